The maximum absolute atomic E-state index is 12.2. The maximum atomic E-state index is 12.2. The van der Waals surface area contributed by atoms with Crippen molar-refractivity contribution in [1.29, 1.82) is 0 Å². The van der Waals surface area contributed by atoms with Crippen molar-refractivity contribution in [2.45, 2.75) is 63.3 Å². The number of rotatable bonds is 6. The molecular weight excluding hydrogens is 328 g/mol. The Labute approximate surface area is 155 Å². The van der Waals surface area contributed by atoms with Gasteiger partial charge in [-0.25, -0.2) is 4.79 Å². The van der Waals surface area contributed by atoms with Gasteiger partial charge < -0.3 is 15.3 Å². The molecule has 1 atom stereocenters. The molecule has 2 aliphatic rings. The third-order valence-electron chi connectivity index (χ3n) is 5.76. The Balaban J connectivity index is 1.45. The molecule has 1 heterocycles. The van der Waals surface area contributed by atoms with Crippen LogP contribution in [0.3, 0.4) is 0 Å². The third kappa shape index (κ3) is 5.31. The minimum absolute atomic E-state index is 0.185. The van der Waals surface area contributed by atoms with E-state index in [2.05, 4.69) is 10.2 Å². The van der Waals surface area contributed by atoms with Crippen LogP contribution < -0.4 is 5.32 Å². The lowest BCUT2D eigenvalue weighted by Crippen LogP contribution is -2.40. The summed E-state index contributed by atoms with van der Waals surface area (Å²) in [7, 11) is 0. The van der Waals surface area contributed by atoms with Crippen molar-refractivity contribution in [2.24, 2.45) is 0 Å². The summed E-state index contributed by atoms with van der Waals surface area (Å²) in [6.45, 7) is 2.80. The van der Waals surface area contributed by atoms with Gasteiger partial charge in [0.25, 0.3) is 0 Å². The standard InChI is InChI=1S/C21H30N2O3/c24-20(22-19-6-2-1-3-7-19)12-14-23-13-4-5-18(15-23)16-8-10-17(11-9-16)21(25)26/h8-11,18-19H,1-7,12-15H2,(H,22,24)(H,25,26)/t18-/m0/s1. The van der Waals surface area contributed by atoms with E-state index in [0.29, 0.717) is 23.9 Å². The molecule has 5 heteroatoms. The van der Waals surface area contributed by atoms with Gasteiger partial charge in [-0.1, -0.05) is 31.4 Å². The van der Waals surface area contributed by atoms with E-state index >= 15 is 0 Å². The Morgan fingerprint density at radius 2 is 1.77 bits per heavy atom. The van der Waals surface area contributed by atoms with E-state index in [0.717, 1.165) is 45.3 Å². The monoisotopic (exact) mass is 358 g/mol. The lowest BCUT2D eigenvalue weighted by molar-refractivity contribution is -0.122. The first-order valence-electron chi connectivity index (χ1n) is 9.97. The SMILES string of the molecule is O=C(CCN1CCC[C@H](c2ccc(C(=O)O)cc2)C1)NC1CCCCC1. The highest BCUT2D eigenvalue weighted by atomic mass is 16.4. The number of nitrogens with zero attached hydrogens (tertiary/aromatic N) is 1. The van der Waals surface area contributed by atoms with Crippen LogP contribution in [0.2, 0.25) is 0 Å². The number of carboxylic acids is 1. The molecule has 0 aromatic heterocycles. The maximum Gasteiger partial charge on any atom is 0.335 e. The Kier molecular flexibility index (Phi) is 6.67. The fraction of sp³-hybridized carbons (Fsp3) is 0.619. The number of benzene rings is 1. The summed E-state index contributed by atoms with van der Waals surface area (Å²) in [6, 6.07) is 7.64. The van der Waals surface area contributed by atoms with Crippen molar-refractivity contribution in [3.05, 3.63) is 35.4 Å². The van der Waals surface area contributed by atoms with E-state index in [1.807, 2.05) is 12.1 Å². The van der Waals surface area contributed by atoms with Gasteiger partial charge in [0.2, 0.25) is 5.91 Å². The van der Waals surface area contributed by atoms with Crippen LogP contribution in [0.4, 0.5) is 0 Å². The van der Waals surface area contributed by atoms with Crippen LogP contribution in [-0.2, 0) is 4.79 Å². The predicted octanol–water partition coefficient (Wildman–Crippen LogP) is 3.40. The minimum Gasteiger partial charge on any atom is -0.478 e. The largest absolute Gasteiger partial charge is 0.478 e. The van der Waals surface area contributed by atoms with Crippen molar-refractivity contribution < 1.29 is 14.7 Å². The van der Waals surface area contributed by atoms with E-state index < -0.39 is 5.97 Å². The van der Waals surface area contributed by atoms with Crippen molar-refractivity contribution in [3.63, 3.8) is 0 Å². The number of amides is 1. The Morgan fingerprint density at radius 1 is 1.04 bits per heavy atom. The van der Waals surface area contributed by atoms with Crippen LogP contribution in [0.15, 0.2) is 24.3 Å². The summed E-state index contributed by atoms with van der Waals surface area (Å²) in [6.07, 6.45) is 8.84. The molecule has 1 saturated carbocycles. The topological polar surface area (TPSA) is 69.6 Å². The summed E-state index contributed by atoms with van der Waals surface area (Å²) < 4.78 is 0. The average Bonchev–Trinajstić information content (AvgIpc) is 2.67. The van der Waals surface area contributed by atoms with Crippen molar-refractivity contribution in [2.75, 3.05) is 19.6 Å². The number of carbonyl (C=O) groups excluding carboxylic acids is 1. The third-order valence-corrected chi connectivity index (χ3v) is 5.76. The van der Waals surface area contributed by atoms with Gasteiger partial charge in [0.15, 0.2) is 0 Å². The first kappa shape index (κ1) is 18.9. The van der Waals surface area contributed by atoms with Crippen molar-refractivity contribution in [1.82, 2.24) is 10.2 Å². The molecule has 0 spiro atoms. The summed E-state index contributed by atoms with van der Waals surface area (Å²) in [5.74, 6) is -0.274. The molecule has 1 aliphatic heterocycles. The molecule has 0 radical (unpaired) electrons. The molecule has 1 aromatic carbocycles. The summed E-state index contributed by atoms with van der Waals surface area (Å²) in [5.41, 5.74) is 1.53. The number of carboxylic acid groups (broad SMARTS) is 1. The number of nitrogens with one attached hydrogen (secondary N) is 1. The summed E-state index contributed by atoms with van der Waals surface area (Å²) in [5, 5.41) is 12.2. The van der Waals surface area contributed by atoms with E-state index in [9.17, 15) is 9.59 Å². The van der Waals surface area contributed by atoms with Gasteiger partial charge in [0.05, 0.1) is 5.56 Å². The highest BCUT2D eigenvalue weighted by Gasteiger charge is 2.22. The first-order valence-corrected chi connectivity index (χ1v) is 9.97. The van der Waals surface area contributed by atoms with Crippen molar-refractivity contribution in [3.8, 4) is 0 Å². The highest BCUT2D eigenvalue weighted by Crippen LogP contribution is 2.27. The van der Waals surface area contributed by atoms with E-state index in [-0.39, 0.29) is 5.91 Å². The number of hydrogen-bond acceptors (Lipinski definition) is 3. The summed E-state index contributed by atoms with van der Waals surface area (Å²) >= 11 is 0. The van der Waals surface area contributed by atoms with Gasteiger partial charge in [-0.15, -0.1) is 0 Å². The molecule has 26 heavy (non-hydrogen) atoms. The van der Waals surface area contributed by atoms with Crippen LogP contribution in [0.1, 0.15) is 73.2 Å². The molecule has 1 aliphatic carbocycles. The summed E-state index contributed by atoms with van der Waals surface area (Å²) in [4.78, 5) is 25.6. The Bertz CT molecular complexity index is 608. The zero-order valence-corrected chi connectivity index (χ0v) is 15.5. The van der Waals surface area contributed by atoms with Crippen molar-refractivity contribution >= 4 is 11.9 Å². The van der Waals surface area contributed by atoms with E-state index in [1.54, 1.807) is 12.1 Å². The molecule has 5 nitrogen and oxygen atoms in total. The zero-order chi connectivity index (χ0) is 18.4. The first-order chi connectivity index (χ1) is 12.6. The molecule has 2 N–H and O–H groups in total. The van der Waals surface area contributed by atoms with Gasteiger partial charge in [0, 0.05) is 25.6 Å². The second kappa shape index (κ2) is 9.17. The fourth-order valence-electron chi connectivity index (χ4n) is 4.23. The lowest BCUT2D eigenvalue weighted by Gasteiger charge is -2.33. The van der Waals surface area contributed by atoms with Gasteiger partial charge in [-0.3, -0.25) is 4.79 Å². The fourth-order valence-corrected chi connectivity index (χ4v) is 4.23. The molecule has 142 valence electrons. The zero-order valence-electron chi connectivity index (χ0n) is 15.5. The van der Waals surface area contributed by atoms with Gasteiger partial charge in [-0.2, -0.15) is 0 Å². The van der Waals surface area contributed by atoms with Crippen LogP contribution in [0.5, 0.6) is 0 Å². The molecular formula is C21H30N2O3. The van der Waals surface area contributed by atoms with Gasteiger partial charge >= 0.3 is 5.97 Å². The van der Waals surface area contributed by atoms with Crippen LogP contribution >= 0.6 is 0 Å². The minimum atomic E-state index is -0.884. The second-order valence-corrected chi connectivity index (χ2v) is 7.72. The molecule has 2 fully saturated rings. The van der Waals surface area contributed by atoms with Crippen LogP contribution in [0, 0.1) is 0 Å². The number of hydrogen-bond donors (Lipinski definition) is 2. The molecule has 3 rings (SSSR count). The smallest absolute Gasteiger partial charge is 0.335 e. The molecule has 1 amide bonds. The number of carbonyl (C=O) groups is 2. The number of aromatic carboxylic acids is 1. The quantitative estimate of drug-likeness (QED) is 0.818. The number of piperidine rings is 1. The van der Waals surface area contributed by atoms with E-state index in [4.69, 9.17) is 5.11 Å². The molecule has 1 saturated heterocycles. The molecule has 0 bridgehead atoms. The second-order valence-electron chi connectivity index (χ2n) is 7.72. The highest BCUT2D eigenvalue weighted by molar-refractivity contribution is 5.87. The predicted molar refractivity (Wildman–Crippen MR) is 101 cm³/mol. The normalized spacial score (nSPS) is 22.1. The number of likely N-dealkylation sites (tertiary alicyclic amines) is 1. The lowest BCUT2D eigenvalue weighted by atomic mass is 9.90. The van der Waals surface area contributed by atoms with Crippen LogP contribution in [-0.4, -0.2) is 47.6 Å². The molecule has 0 unspecified atom stereocenters. The van der Waals surface area contributed by atoms with Gasteiger partial charge in [0.1, 0.15) is 0 Å². The van der Waals surface area contributed by atoms with Crippen LogP contribution in [0.25, 0.3) is 0 Å². The Morgan fingerprint density at radius 3 is 2.46 bits per heavy atom. The molecule has 1 aromatic rings. The average molecular weight is 358 g/mol. The Hall–Kier alpha value is -1.88. The van der Waals surface area contributed by atoms with E-state index in [1.165, 1.54) is 24.8 Å². The van der Waals surface area contributed by atoms with Gasteiger partial charge in [-0.05, 0) is 55.8 Å².